The van der Waals surface area contributed by atoms with E-state index in [0.29, 0.717) is 12.1 Å². The average Bonchev–Trinajstić information content (AvgIpc) is 2.38. The lowest BCUT2D eigenvalue weighted by atomic mass is 10.2. The molecule has 0 aliphatic rings. The monoisotopic (exact) mass is 267 g/mol. The van der Waals surface area contributed by atoms with Gasteiger partial charge in [-0.25, -0.2) is 18.2 Å². The third-order valence-corrected chi connectivity index (χ3v) is 2.33. The molecule has 0 radical (unpaired) electrons. The highest BCUT2D eigenvalue weighted by Gasteiger charge is 2.13. The zero-order valence-electron chi connectivity index (χ0n) is 9.53. The second-order valence-corrected chi connectivity index (χ2v) is 3.62. The Morgan fingerprint density at radius 3 is 2.42 bits per heavy atom. The van der Waals surface area contributed by atoms with Gasteiger partial charge in [0, 0.05) is 36.6 Å². The maximum atomic E-state index is 13.3. The van der Waals surface area contributed by atoms with E-state index in [0.717, 1.165) is 0 Å². The van der Waals surface area contributed by atoms with Crippen LogP contribution < -0.4 is 5.32 Å². The van der Waals surface area contributed by atoms with Gasteiger partial charge in [-0.05, 0) is 0 Å². The van der Waals surface area contributed by atoms with Crippen molar-refractivity contribution in [2.45, 2.75) is 6.54 Å². The average molecular weight is 267 g/mol. The fourth-order valence-electron chi connectivity index (χ4n) is 1.42. The molecule has 1 heterocycles. The van der Waals surface area contributed by atoms with Crippen molar-refractivity contribution >= 4 is 5.91 Å². The lowest BCUT2D eigenvalue weighted by Gasteiger charge is -2.07. The molecular formula is C12H8F3N3O. The van der Waals surface area contributed by atoms with E-state index in [4.69, 9.17) is 0 Å². The van der Waals surface area contributed by atoms with Crippen LogP contribution in [0, 0.1) is 17.5 Å². The maximum Gasteiger partial charge on any atom is 0.271 e. The quantitative estimate of drug-likeness (QED) is 0.923. The van der Waals surface area contributed by atoms with Crippen LogP contribution in [0.1, 0.15) is 16.1 Å². The number of benzene rings is 1. The van der Waals surface area contributed by atoms with Crippen LogP contribution >= 0.6 is 0 Å². The molecule has 7 heteroatoms. The molecule has 0 fully saturated rings. The Bertz CT molecular complexity index is 581. The molecule has 0 saturated carbocycles. The standard InChI is InChI=1S/C12H8F3N3O/c13-7-3-9(14)8(10(15)4-7)5-18-12(19)11-6-16-1-2-17-11/h1-4,6H,5H2,(H,18,19). The first-order chi connectivity index (χ1) is 9.08. The number of aromatic nitrogens is 2. The molecule has 0 aliphatic carbocycles. The van der Waals surface area contributed by atoms with Crippen LogP contribution in [0.3, 0.4) is 0 Å². The largest absolute Gasteiger partial charge is 0.346 e. The van der Waals surface area contributed by atoms with Gasteiger partial charge in [0.1, 0.15) is 23.1 Å². The summed E-state index contributed by atoms with van der Waals surface area (Å²) in [6, 6.07) is 1.10. The van der Waals surface area contributed by atoms with Crippen LogP contribution in [0.15, 0.2) is 30.7 Å². The summed E-state index contributed by atoms with van der Waals surface area (Å²) in [4.78, 5) is 19.0. The van der Waals surface area contributed by atoms with E-state index >= 15 is 0 Å². The molecule has 0 aliphatic heterocycles. The van der Waals surface area contributed by atoms with E-state index in [2.05, 4.69) is 15.3 Å². The number of nitrogens with one attached hydrogen (secondary N) is 1. The first kappa shape index (κ1) is 13.0. The van der Waals surface area contributed by atoms with Crippen LogP contribution in [0.2, 0.25) is 0 Å². The number of hydrogen-bond donors (Lipinski definition) is 1. The molecule has 1 N–H and O–H groups in total. The summed E-state index contributed by atoms with van der Waals surface area (Å²) in [7, 11) is 0. The molecule has 0 bridgehead atoms. The van der Waals surface area contributed by atoms with Crippen LogP contribution in [0.25, 0.3) is 0 Å². The molecule has 1 amide bonds. The van der Waals surface area contributed by atoms with Crippen molar-refractivity contribution in [1.29, 1.82) is 0 Å². The van der Waals surface area contributed by atoms with Crippen LogP contribution in [0.4, 0.5) is 13.2 Å². The van der Waals surface area contributed by atoms with Gasteiger partial charge in [-0.1, -0.05) is 0 Å². The predicted octanol–water partition coefficient (Wildman–Crippen LogP) is 1.82. The van der Waals surface area contributed by atoms with Crippen LogP contribution in [0.5, 0.6) is 0 Å². The van der Waals surface area contributed by atoms with Crippen molar-refractivity contribution in [3.63, 3.8) is 0 Å². The van der Waals surface area contributed by atoms with Gasteiger partial charge in [-0.2, -0.15) is 0 Å². The second-order valence-electron chi connectivity index (χ2n) is 3.62. The minimum absolute atomic E-state index is 0.0189. The number of hydrogen-bond acceptors (Lipinski definition) is 3. The van der Waals surface area contributed by atoms with Gasteiger partial charge in [0.25, 0.3) is 5.91 Å². The van der Waals surface area contributed by atoms with Crippen molar-refractivity contribution < 1.29 is 18.0 Å². The lowest BCUT2D eigenvalue weighted by Crippen LogP contribution is -2.25. The highest BCUT2D eigenvalue weighted by atomic mass is 19.1. The van der Waals surface area contributed by atoms with E-state index in [9.17, 15) is 18.0 Å². The number of carbonyl (C=O) groups excluding carboxylic acids is 1. The molecule has 4 nitrogen and oxygen atoms in total. The molecule has 1 aromatic heterocycles. The van der Waals surface area contributed by atoms with E-state index in [1.54, 1.807) is 0 Å². The number of nitrogens with zero attached hydrogens (tertiary/aromatic N) is 2. The minimum atomic E-state index is -1.06. The predicted molar refractivity (Wildman–Crippen MR) is 59.5 cm³/mol. The van der Waals surface area contributed by atoms with Gasteiger partial charge in [-0.15, -0.1) is 0 Å². The molecular weight excluding hydrogens is 259 g/mol. The molecule has 0 spiro atoms. The van der Waals surface area contributed by atoms with E-state index in [1.165, 1.54) is 18.6 Å². The van der Waals surface area contributed by atoms with Crippen molar-refractivity contribution in [2.75, 3.05) is 0 Å². The smallest absolute Gasteiger partial charge is 0.271 e. The molecule has 0 saturated heterocycles. The maximum absolute atomic E-state index is 13.3. The van der Waals surface area contributed by atoms with E-state index < -0.39 is 35.5 Å². The minimum Gasteiger partial charge on any atom is -0.346 e. The third kappa shape index (κ3) is 3.06. The number of amides is 1. The number of halogens is 3. The summed E-state index contributed by atoms with van der Waals surface area (Å²) < 4.78 is 39.3. The topological polar surface area (TPSA) is 54.9 Å². The van der Waals surface area contributed by atoms with Crippen LogP contribution in [-0.2, 0) is 6.54 Å². The van der Waals surface area contributed by atoms with Gasteiger partial charge in [0.15, 0.2) is 0 Å². The van der Waals surface area contributed by atoms with Crippen molar-refractivity contribution in [3.8, 4) is 0 Å². The number of carbonyl (C=O) groups is 1. The molecule has 0 unspecified atom stereocenters. The normalized spacial score (nSPS) is 10.3. The Labute approximate surface area is 106 Å². The van der Waals surface area contributed by atoms with Crippen molar-refractivity contribution in [1.82, 2.24) is 15.3 Å². The summed E-state index contributed by atoms with van der Waals surface area (Å²) in [5.74, 6) is -3.76. The van der Waals surface area contributed by atoms with Gasteiger partial charge in [0.2, 0.25) is 0 Å². The van der Waals surface area contributed by atoms with Gasteiger partial charge >= 0.3 is 0 Å². The first-order valence-corrected chi connectivity index (χ1v) is 5.25. The fraction of sp³-hybridized carbons (Fsp3) is 0.0833. The lowest BCUT2D eigenvalue weighted by molar-refractivity contribution is 0.0945. The Morgan fingerprint density at radius 2 is 1.84 bits per heavy atom. The molecule has 98 valence electrons. The van der Waals surface area contributed by atoms with Crippen LogP contribution in [-0.4, -0.2) is 15.9 Å². The second kappa shape index (κ2) is 5.47. The van der Waals surface area contributed by atoms with E-state index in [-0.39, 0.29) is 5.69 Å². The first-order valence-electron chi connectivity index (χ1n) is 5.25. The highest BCUT2D eigenvalue weighted by Crippen LogP contribution is 2.14. The van der Waals surface area contributed by atoms with E-state index in [1.807, 2.05) is 0 Å². The summed E-state index contributed by atoms with van der Waals surface area (Å²) in [5.41, 5.74) is -0.399. The third-order valence-electron chi connectivity index (χ3n) is 2.33. The van der Waals surface area contributed by atoms with Gasteiger partial charge < -0.3 is 5.32 Å². The summed E-state index contributed by atoms with van der Waals surface area (Å²) in [6.45, 7) is -0.409. The highest BCUT2D eigenvalue weighted by molar-refractivity contribution is 5.91. The summed E-state index contributed by atoms with van der Waals surface area (Å²) in [5, 5.41) is 2.27. The molecule has 2 aromatic rings. The fourth-order valence-corrected chi connectivity index (χ4v) is 1.42. The summed E-state index contributed by atoms with van der Waals surface area (Å²) >= 11 is 0. The molecule has 1 aromatic carbocycles. The zero-order chi connectivity index (χ0) is 13.8. The molecule has 2 rings (SSSR count). The summed E-state index contributed by atoms with van der Waals surface area (Å²) in [6.07, 6.45) is 3.91. The Kier molecular flexibility index (Phi) is 3.74. The van der Waals surface area contributed by atoms with Crippen molar-refractivity contribution in [3.05, 3.63) is 59.4 Å². The molecule has 19 heavy (non-hydrogen) atoms. The Hall–Kier alpha value is -2.44. The Balaban J connectivity index is 2.10. The zero-order valence-corrected chi connectivity index (χ0v) is 9.53. The number of rotatable bonds is 3. The SMILES string of the molecule is O=C(NCc1c(F)cc(F)cc1F)c1cnccn1. The van der Waals surface area contributed by atoms with Gasteiger partial charge in [0.05, 0.1) is 6.20 Å². The van der Waals surface area contributed by atoms with Crippen molar-refractivity contribution in [2.24, 2.45) is 0 Å². The van der Waals surface area contributed by atoms with Gasteiger partial charge in [-0.3, -0.25) is 9.78 Å². The Morgan fingerprint density at radius 1 is 1.16 bits per heavy atom. The molecule has 0 atom stereocenters.